The molecule has 0 aromatic heterocycles. The summed E-state index contributed by atoms with van der Waals surface area (Å²) < 4.78 is 4.58. The number of hydrogen-bond donors (Lipinski definition) is 0. The maximum atomic E-state index is 10.8. The Hall–Kier alpha value is -0.530. The second-order valence-electron chi connectivity index (χ2n) is 4.01. The number of ether oxygens (including phenoxy) is 1. The minimum absolute atomic E-state index is 0.0783. The highest BCUT2D eigenvalue weighted by Crippen LogP contribution is 2.10. The molecule has 0 heterocycles. The first-order valence-corrected chi connectivity index (χ1v) is 6.17. The largest absolute Gasteiger partial charge is 0.469 e. The van der Waals surface area contributed by atoms with Gasteiger partial charge in [0.25, 0.3) is 0 Å². The molecule has 0 rings (SSSR count). The van der Waals surface area contributed by atoms with E-state index in [1.165, 1.54) is 45.6 Å². The van der Waals surface area contributed by atoms with Gasteiger partial charge < -0.3 is 4.74 Å². The lowest BCUT2D eigenvalue weighted by Crippen LogP contribution is -1.99. The smallest absolute Gasteiger partial charge is 0.305 e. The van der Waals surface area contributed by atoms with Gasteiger partial charge in [0.15, 0.2) is 0 Å². The molecule has 0 amide bonds. The molecule has 0 spiro atoms. The van der Waals surface area contributed by atoms with Crippen LogP contribution in [-0.2, 0) is 9.53 Å². The van der Waals surface area contributed by atoms with Gasteiger partial charge in [-0.1, -0.05) is 58.3 Å². The SMILES string of the molecule is [CH2]CCCCCCCCCCC(=O)OC. The van der Waals surface area contributed by atoms with Crippen molar-refractivity contribution in [1.82, 2.24) is 0 Å². The van der Waals surface area contributed by atoms with Gasteiger partial charge in [-0.15, -0.1) is 0 Å². The minimum atomic E-state index is -0.0783. The van der Waals surface area contributed by atoms with Crippen molar-refractivity contribution in [1.29, 1.82) is 0 Å². The average molecular weight is 213 g/mol. The monoisotopic (exact) mass is 213 g/mol. The zero-order valence-electron chi connectivity index (χ0n) is 10.1. The molecule has 1 radical (unpaired) electrons. The van der Waals surface area contributed by atoms with Gasteiger partial charge in [0.1, 0.15) is 0 Å². The van der Waals surface area contributed by atoms with Crippen molar-refractivity contribution in [2.24, 2.45) is 0 Å². The molecule has 0 unspecified atom stereocenters. The standard InChI is InChI=1S/C13H25O2/c1-3-4-5-6-7-8-9-10-11-12-13(14)15-2/h1,3-12H2,2H3. The molecule has 2 nitrogen and oxygen atoms in total. The summed E-state index contributed by atoms with van der Waals surface area (Å²) in [6.45, 7) is 3.82. The van der Waals surface area contributed by atoms with Gasteiger partial charge in [-0.05, 0) is 6.42 Å². The Morgan fingerprint density at radius 1 is 0.933 bits per heavy atom. The van der Waals surface area contributed by atoms with E-state index in [1.807, 2.05) is 0 Å². The van der Waals surface area contributed by atoms with Crippen molar-refractivity contribution < 1.29 is 9.53 Å². The predicted molar refractivity (Wildman–Crippen MR) is 63.5 cm³/mol. The third-order valence-electron chi connectivity index (χ3n) is 2.61. The van der Waals surface area contributed by atoms with Crippen molar-refractivity contribution in [2.75, 3.05) is 7.11 Å². The molecule has 15 heavy (non-hydrogen) atoms. The first-order valence-electron chi connectivity index (χ1n) is 6.17. The highest BCUT2D eigenvalue weighted by Gasteiger charge is 1.98. The van der Waals surface area contributed by atoms with Crippen molar-refractivity contribution in [2.45, 2.75) is 64.2 Å². The summed E-state index contributed by atoms with van der Waals surface area (Å²) in [6.07, 6.45) is 11.6. The van der Waals surface area contributed by atoms with E-state index in [-0.39, 0.29) is 5.97 Å². The van der Waals surface area contributed by atoms with Gasteiger partial charge in [-0.25, -0.2) is 0 Å². The van der Waals surface area contributed by atoms with Gasteiger partial charge in [0.2, 0.25) is 0 Å². The average Bonchev–Trinajstić information content (AvgIpc) is 2.26. The summed E-state index contributed by atoms with van der Waals surface area (Å²) in [5, 5.41) is 0. The van der Waals surface area contributed by atoms with E-state index in [9.17, 15) is 4.79 Å². The molecule has 0 fully saturated rings. The van der Waals surface area contributed by atoms with E-state index < -0.39 is 0 Å². The molecule has 0 saturated heterocycles. The topological polar surface area (TPSA) is 26.3 Å². The molecular weight excluding hydrogens is 188 g/mol. The van der Waals surface area contributed by atoms with Crippen LogP contribution in [0.4, 0.5) is 0 Å². The van der Waals surface area contributed by atoms with Crippen molar-refractivity contribution >= 4 is 5.97 Å². The molecule has 0 N–H and O–H groups in total. The first kappa shape index (κ1) is 14.5. The molecule has 0 aliphatic rings. The third kappa shape index (κ3) is 11.4. The van der Waals surface area contributed by atoms with Crippen LogP contribution in [0.1, 0.15) is 64.2 Å². The fraction of sp³-hybridized carbons (Fsp3) is 0.846. The number of esters is 1. The van der Waals surface area contributed by atoms with Crippen LogP contribution >= 0.6 is 0 Å². The van der Waals surface area contributed by atoms with Gasteiger partial charge in [-0.3, -0.25) is 4.79 Å². The molecule has 2 heteroatoms. The molecule has 0 aromatic carbocycles. The number of methoxy groups -OCH3 is 1. The summed E-state index contributed by atoms with van der Waals surface area (Å²) in [4.78, 5) is 10.8. The van der Waals surface area contributed by atoms with Crippen LogP contribution in [0.25, 0.3) is 0 Å². The van der Waals surface area contributed by atoms with Crippen LogP contribution in [-0.4, -0.2) is 13.1 Å². The second kappa shape index (κ2) is 11.5. The summed E-state index contributed by atoms with van der Waals surface area (Å²) >= 11 is 0. The molecule has 0 aliphatic carbocycles. The Labute approximate surface area is 94.4 Å². The van der Waals surface area contributed by atoms with Crippen LogP contribution in [0.2, 0.25) is 0 Å². The Morgan fingerprint density at radius 3 is 1.87 bits per heavy atom. The van der Waals surface area contributed by atoms with Crippen LogP contribution < -0.4 is 0 Å². The minimum Gasteiger partial charge on any atom is -0.469 e. The summed E-state index contributed by atoms with van der Waals surface area (Å²) in [5.41, 5.74) is 0. The van der Waals surface area contributed by atoms with Gasteiger partial charge in [-0.2, -0.15) is 0 Å². The van der Waals surface area contributed by atoms with E-state index >= 15 is 0 Å². The highest BCUT2D eigenvalue weighted by atomic mass is 16.5. The van der Waals surface area contributed by atoms with Crippen LogP contribution in [0.5, 0.6) is 0 Å². The summed E-state index contributed by atoms with van der Waals surface area (Å²) in [7, 11) is 1.45. The lowest BCUT2D eigenvalue weighted by molar-refractivity contribution is -0.140. The highest BCUT2D eigenvalue weighted by molar-refractivity contribution is 5.68. The zero-order chi connectivity index (χ0) is 11.4. The predicted octanol–water partition coefficient (Wildman–Crippen LogP) is 3.89. The second-order valence-corrected chi connectivity index (χ2v) is 4.01. The van der Waals surface area contributed by atoms with Crippen molar-refractivity contribution in [3.8, 4) is 0 Å². The Kier molecular flexibility index (Phi) is 11.1. The maximum Gasteiger partial charge on any atom is 0.305 e. The number of carbonyl (C=O) groups is 1. The van der Waals surface area contributed by atoms with E-state index in [1.54, 1.807) is 0 Å². The van der Waals surface area contributed by atoms with E-state index in [0.717, 1.165) is 19.3 Å². The zero-order valence-corrected chi connectivity index (χ0v) is 10.1. The molecule has 0 bridgehead atoms. The summed E-state index contributed by atoms with van der Waals surface area (Å²) in [5.74, 6) is -0.0783. The van der Waals surface area contributed by atoms with E-state index in [4.69, 9.17) is 0 Å². The molecule has 89 valence electrons. The normalized spacial score (nSPS) is 10.3. The molecule has 0 aliphatic heterocycles. The van der Waals surface area contributed by atoms with Gasteiger partial charge in [0, 0.05) is 6.42 Å². The van der Waals surface area contributed by atoms with E-state index in [0.29, 0.717) is 6.42 Å². The molecular formula is C13H25O2. The number of hydrogen-bond acceptors (Lipinski definition) is 2. The Bertz CT molecular complexity index is 143. The Morgan fingerprint density at radius 2 is 1.40 bits per heavy atom. The molecule has 0 aromatic rings. The fourth-order valence-corrected chi connectivity index (χ4v) is 1.61. The van der Waals surface area contributed by atoms with Crippen molar-refractivity contribution in [3.63, 3.8) is 0 Å². The fourth-order valence-electron chi connectivity index (χ4n) is 1.61. The maximum absolute atomic E-state index is 10.8. The summed E-state index contributed by atoms with van der Waals surface area (Å²) in [6, 6.07) is 0. The molecule has 0 saturated carbocycles. The van der Waals surface area contributed by atoms with Crippen LogP contribution in [0.15, 0.2) is 0 Å². The van der Waals surface area contributed by atoms with Gasteiger partial charge >= 0.3 is 5.97 Å². The first-order chi connectivity index (χ1) is 7.31. The van der Waals surface area contributed by atoms with Crippen LogP contribution in [0.3, 0.4) is 0 Å². The lowest BCUT2D eigenvalue weighted by Gasteiger charge is -2.01. The quantitative estimate of drug-likeness (QED) is 0.406. The third-order valence-corrected chi connectivity index (χ3v) is 2.61. The number of rotatable bonds is 10. The Balaban J connectivity index is 2.95. The van der Waals surface area contributed by atoms with Crippen molar-refractivity contribution in [3.05, 3.63) is 6.92 Å². The lowest BCUT2D eigenvalue weighted by atomic mass is 10.1. The number of unbranched alkanes of at least 4 members (excludes halogenated alkanes) is 8. The van der Waals surface area contributed by atoms with E-state index in [2.05, 4.69) is 11.7 Å². The van der Waals surface area contributed by atoms with Crippen LogP contribution in [0, 0.1) is 6.92 Å². The molecule has 0 atom stereocenters. The van der Waals surface area contributed by atoms with Gasteiger partial charge in [0.05, 0.1) is 7.11 Å². The number of carbonyl (C=O) groups excluding carboxylic acids is 1.